The molecule has 1 N–H and O–H groups in total. The molecule has 0 bridgehead atoms. The van der Waals surface area contributed by atoms with Gasteiger partial charge in [0, 0.05) is 12.5 Å². The second kappa shape index (κ2) is 3.14. The van der Waals surface area contributed by atoms with Crippen LogP contribution < -0.4 is 0 Å². The van der Waals surface area contributed by atoms with Crippen LogP contribution in [0.15, 0.2) is 0 Å². The SMILES string of the molecule is O=C(O)CC1CC(F)(F)CN1Cl. The number of hydrogen-bond acceptors (Lipinski definition) is 2. The molecule has 0 amide bonds. The highest BCUT2D eigenvalue weighted by molar-refractivity contribution is 6.13. The van der Waals surface area contributed by atoms with E-state index in [1.165, 1.54) is 0 Å². The van der Waals surface area contributed by atoms with Gasteiger partial charge in [-0.1, -0.05) is 0 Å². The van der Waals surface area contributed by atoms with Gasteiger partial charge in [0.25, 0.3) is 5.92 Å². The van der Waals surface area contributed by atoms with Crippen molar-refractivity contribution in [3.8, 4) is 0 Å². The second-order valence-corrected chi connectivity index (χ2v) is 3.30. The Morgan fingerprint density at radius 3 is 2.67 bits per heavy atom. The number of halogens is 3. The highest BCUT2D eigenvalue weighted by Gasteiger charge is 2.45. The Hall–Kier alpha value is -0.420. The molecule has 1 atom stereocenters. The largest absolute Gasteiger partial charge is 0.481 e. The molecule has 0 aromatic rings. The minimum Gasteiger partial charge on any atom is -0.481 e. The van der Waals surface area contributed by atoms with Gasteiger partial charge in [-0.2, -0.15) is 0 Å². The monoisotopic (exact) mass is 199 g/mol. The Labute approximate surface area is 73.0 Å². The molecule has 1 aliphatic rings. The highest BCUT2D eigenvalue weighted by Crippen LogP contribution is 2.34. The lowest BCUT2D eigenvalue weighted by Gasteiger charge is -2.11. The summed E-state index contributed by atoms with van der Waals surface area (Å²) in [5.41, 5.74) is 0. The smallest absolute Gasteiger partial charge is 0.304 e. The zero-order valence-electron chi connectivity index (χ0n) is 6.14. The van der Waals surface area contributed by atoms with Crippen molar-refractivity contribution >= 4 is 17.7 Å². The van der Waals surface area contributed by atoms with Crippen LogP contribution in [-0.4, -0.2) is 34.0 Å². The van der Waals surface area contributed by atoms with Gasteiger partial charge in [0.1, 0.15) is 0 Å². The van der Waals surface area contributed by atoms with Gasteiger partial charge in [-0.3, -0.25) is 4.79 Å². The third-order valence-electron chi connectivity index (χ3n) is 1.72. The van der Waals surface area contributed by atoms with Crippen molar-refractivity contribution < 1.29 is 18.7 Å². The molecule has 70 valence electrons. The quantitative estimate of drug-likeness (QED) is 0.682. The highest BCUT2D eigenvalue weighted by atomic mass is 35.5. The van der Waals surface area contributed by atoms with E-state index in [2.05, 4.69) is 0 Å². The summed E-state index contributed by atoms with van der Waals surface area (Å²) < 4.78 is 26.0. The third kappa shape index (κ3) is 2.28. The first-order chi connectivity index (χ1) is 5.41. The molecular formula is C6H8ClF2NO2. The first kappa shape index (κ1) is 9.67. The summed E-state index contributed by atoms with van der Waals surface area (Å²) in [6.45, 7) is -0.563. The van der Waals surface area contributed by atoms with E-state index >= 15 is 0 Å². The lowest BCUT2D eigenvalue weighted by molar-refractivity contribution is -0.137. The maximum atomic E-state index is 12.6. The number of hydrogen-bond donors (Lipinski definition) is 1. The fourth-order valence-corrected chi connectivity index (χ4v) is 1.54. The van der Waals surface area contributed by atoms with Crippen molar-refractivity contribution in [2.75, 3.05) is 6.54 Å². The minimum absolute atomic E-state index is 0.334. The fraction of sp³-hybridized carbons (Fsp3) is 0.833. The van der Waals surface area contributed by atoms with Crippen molar-refractivity contribution in [2.45, 2.75) is 24.8 Å². The number of carboxylic acid groups (broad SMARTS) is 1. The average molecular weight is 200 g/mol. The first-order valence-electron chi connectivity index (χ1n) is 3.43. The summed E-state index contributed by atoms with van der Waals surface area (Å²) in [5, 5.41) is 8.33. The van der Waals surface area contributed by atoms with Gasteiger partial charge in [0.05, 0.1) is 13.0 Å². The predicted molar refractivity (Wildman–Crippen MR) is 38.2 cm³/mol. The fourth-order valence-electron chi connectivity index (χ4n) is 1.23. The molecule has 0 spiro atoms. The molecule has 6 heteroatoms. The van der Waals surface area contributed by atoms with Crippen LogP contribution in [0.3, 0.4) is 0 Å². The molecule has 0 saturated carbocycles. The molecule has 1 unspecified atom stereocenters. The van der Waals surface area contributed by atoms with E-state index < -0.39 is 30.9 Å². The van der Waals surface area contributed by atoms with Crippen LogP contribution in [-0.2, 0) is 4.79 Å². The zero-order valence-corrected chi connectivity index (χ0v) is 6.89. The lowest BCUT2D eigenvalue weighted by Crippen LogP contribution is -2.23. The number of nitrogens with zero attached hydrogens (tertiary/aromatic N) is 1. The second-order valence-electron chi connectivity index (χ2n) is 2.87. The summed E-state index contributed by atoms with van der Waals surface area (Å²) >= 11 is 5.40. The minimum atomic E-state index is -2.85. The van der Waals surface area contributed by atoms with Crippen molar-refractivity contribution in [3.63, 3.8) is 0 Å². The van der Waals surface area contributed by atoms with E-state index in [9.17, 15) is 13.6 Å². The van der Waals surface area contributed by atoms with Crippen LogP contribution >= 0.6 is 11.8 Å². The third-order valence-corrected chi connectivity index (χ3v) is 2.12. The van der Waals surface area contributed by atoms with Gasteiger partial charge in [-0.05, 0) is 11.8 Å². The molecule has 0 aliphatic carbocycles. The normalized spacial score (nSPS) is 29.1. The van der Waals surface area contributed by atoms with Gasteiger partial charge in [-0.25, -0.2) is 13.2 Å². The Balaban J connectivity index is 2.52. The van der Waals surface area contributed by atoms with E-state index in [0.717, 1.165) is 4.42 Å². The Kier molecular flexibility index (Phi) is 2.53. The van der Waals surface area contributed by atoms with E-state index in [1.807, 2.05) is 0 Å². The van der Waals surface area contributed by atoms with Crippen molar-refractivity contribution in [2.24, 2.45) is 0 Å². The summed E-state index contributed by atoms with van der Waals surface area (Å²) in [5.74, 6) is -3.95. The van der Waals surface area contributed by atoms with Crippen LogP contribution in [0, 0.1) is 0 Å². The van der Waals surface area contributed by atoms with Crippen molar-refractivity contribution in [1.29, 1.82) is 0 Å². The Morgan fingerprint density at radius 2 is 2.33 bits per heavy atom. The molecule has 12 heavy (non-hydrogen) atoms. The van der Waals surface area contributed by atoms with Crippen molar-refractivity contribution in [1.82, 2.24) is 4.42 Å². The molecule has 1 saturated heterocycles. The van der Waals surface area contributed by atoms with Crippen LogP contribution in [0.5, 0.6) is 0 Å². The van der Waals surface area contributed by atoms with Gasteiger partial charge >= 0.3 is 5.97 Å². The first-order valence-corrected chi connectivity index (χ1v) is 3.76. The molecule has 0 radical (unpaired) electrons. The molecule has 3 nitrogen and oxygen atoms in total. The zero-order chi connectivity index (χ0) is 9.35. The molecule has 1 heterocycles. The number of rotatable bonds is 2. The number of carboxylic acids is 1. The Bertz CT molecular complexity index is 200. The van der Waals surface area contributed by atoms with Crippen LogP contribution in [0.4, 0.5) is 8.78 Å². The van der Waals surface area contributed by atoms with Crippen LogP contribution in [0.2, 0.25) is 0 Å². The van der Waals surface area contributed by atoms with Gasteiger partial charge < -0.3 is 5.11 Å². The number of aliphatic carboxylic acids is 1. The summed E-state index contributed by atoms with van der Waals surface area (Å²) in [7, 11) is 0. The average Bonchev–Trinajstić information content (AvgIpc) is 2.03. The lowest BCUT2D eigenvalue weighted by atomic mass is 10.1. The van der Waals surface area contributed by atoms with Crippen molar-refractivity contribution in [3.05, 3.63) is 0 Å². The summed E-state index contributed by atoms with van der Waals surface area (Å²) in [4.78, 5) is 10.2. The standard InChI is InChI=1S/C6H8ClF2NO2/c7-10-3-6(8,9)2-4(10)1-5(11)12/h4H,1-3H2,(H,11,12). The van der Waals surface area contributed by atoms with E-state index in [0.29, 0.717) is 0 Å². The molecule has 1 aliphatic heterocycles. The molecule has 0 aromatic carbocycles. The molecular weight excluding hydrogens is 192 g/mol. The topological polar surface area (TPSA) is 40.5 Å². The van der Waals surface area contributed by atoms with Crippen LogP contribution in [0.1, 0.15) is 12.8 Å². The van der Waals surface area contributed by atoms with E-state index in [4.69, 9.17) is 16.9 Å². The number of alkyl halides is 2. The molecule has 1 fully saturated rings. The van der Waals surface area contributed by atoms with Crippen LogP contribution in [0.25, 0.3) is 0 Å². The maximum Gasteiger partial charge on any atom is 0.304 e. The summed E-state index contributed by atoms with van der Waals surface area (Å²) in [6.07, 6.45) is -0.804. The molecule has 0 aromatic heterocycles. The van der Waals surface area contributed by atoms with E-state index in [1.54, 1.807) is 0 Å². The maximum absolute atomic E-state index is 12.6. The number of carbonyl (C=O) groups is 1. The van der Waals surface area contributed by atoms with E-state index in [-0.39, 0.29) is 6.42 Å². The van der Waals surface area contributed by atoms with Gasteiger partial charge in [0.15, 0.2) is 0 Å². The summed E-state index contributed by atoms with van der Waals surface area (Å²) in [6, 6.07) is -0.751. The Morgan fingerprint density at radius 1 is 1.75 bits per heavy atom. The molecule has 1 rings (SSSR count). The predicted octanol–water partition coefficient (Wildman–Crippen LogP) is 1.32. The van der Waals surface area contributed by atoms with Gasteiger partial charge in [0.2, 0.25) is 0 Å². The van der Waals surface area contributed by atoms with Gasteiger partial charge in [-0.15, -0.1) is 0 Å².